The molecule has 190 valence electrons. The van der Waals surface area contributed by atoms with E-state index in [0.29, 0.717) is 40.9 Å². The summed E-state index contributed by atoms with van der Waals surface area (Å²) in [5.41, 5.74) is 4.66. The molecule has 0 radical (unpaired) electrons. The topological polar surface area (TPSA) is 143 Å². The summed E-state index contributed by atoms with van der Waals surface area (Å²) in [5, 5.41) is 11.3. The van der Waals surface area contributed by atoms with Gasteiger partial charge in [-0.15, -0.1) is 0 Å². The van der Waals surface area contributed by atoms with Gasteiger partial charge in [0.25, 0.3) is 11.1 Å². The fourth-order valence-corrected chi connectivity index (χ4v) is 4.80. The molecule has 1 aliphatic heterocycles. The van der Waals surface area contributed by atoms with Crippen LogP contribution in [0.15, 0.2) is 58.1 Å². The van der Waals surface area contributed by atoms with Gasteiger partial charge in [-0.3, -0.25) is 29.4 Å². The molecule has 37 heavy (non-hydrogen) atoms. The van der Waals surface area contributed by atoms with Gasteiger partial charge in [0, 0.05) is 36.4 Å². The van der Waals surface area contributed by atoms with Crippen molar-refractivity contribution in [3.05, 3.63) is 91.5 Å². The van der Waals surface area contributed by atoms with Crippen LogP contribution in [0.3, 0.4) is 0 Å². The number of nitrogens with zero attached hydrogens (tertiary/aromatic N) is 1. The summed E-state index contributed by atoms with van der Waals surface area (Å²) < 4.78 is 0. The summed E-state index contributed by atoms with van der Waals surface area (Å²) in [4.78, 5) is 54.0. The van der Waals surface area contributed by atoms with Gasteiger partial charge in [0.2, 0.25) is 11.8 Å². The predicted octanol–water partition coefficient (Wildman–Crippen LogP) is 2.10. The first-order valence-corrected chi connectivity index (χ1v) is 12.2. The Balaban J connectivity index is 1.10. The Morgan fingerprint density at radius 1 is 0.973 bits per heavy atom. The van der Waals surface area contributed by atoms with Crippen LogP contribution >= 0.6 is 0 Å². The fraction of sp³-hybridized carbons (Fsp3) is 0.259. The second-order valence-corrected chi connectivity index (χ2v) is 9.21. The van der Waals surface area contributed by atoms with E-state index >= 15 is 0 Å². The highest BCUT2D eigenvalue weighted by molar-refractivity contribution is 5.94. The zero-order chi connectivity index (χ0) is 25.9. The van der Waals surface area contributed by atoms with Crippen molar-refractivity contribution >= 4 is 34.2 Å². The monoisotopic (exact) mass is 500 g/mol. The maximum Gasteiger partial charge on any atom is 0.273 e. The number of amides is 2. The minimum absolute atomic E-state index is 0.0807. The predicted molar refractivity (Wildman–Crippen MR) is 142 cm³/mol. The number of hydrogen-bond donors (Lipinski definition) is 5. The molecule has 2 aromatic heterocycles. The first kappa shape index (κ1) is 24.1. The minimum Gasteiger partial charge on any atom is -0.362 e. The fourth-order valence-electron chi connectivity index (χ4n) is 4.80. The van der Waals surface area contributed by atoms with Gasteiger partial charge in [-0.2, -0.15) is 0 Å². The molecule has 0 spiro atoms. The van der Waals surface area contributed by atoms with Gasteiger partial charge in [-0.1, -0.05) is 30.3 Å². The Kier molecular flexibility index (Phi) is 6.63. The number of aromatic amines is 3. The molecule has 2 aromatic carbocycles. The number of carbonyl (C=O) groups is 2. The van der Waals surface area contributed by atoms with Crippen LogP contribution < -0.4 is 26.7 Å². The zero-order valence-corrected chi connectivity index (χ0v) is 20.4. The summed E-state index contributed by atoms with van der Waals surface area (Å²) in [6.45, 7) is 3.16. The highest BCUT2D eigenvalue weighted by Gasteiger charge is 2.20. The van der Waals surface area contributed by atoms with Crippen molar-refractivity contribution in [1.82, 2.24) is 20.5 Å². The van der Waals surface area contributed by atoms with E-state index in [9.17, 15) is 19.2 Å². The van der Waals surface area contributed by atoms with Crippen molar-refractivity contribution in [2.45, 2.75) is 32.7 Å². The summed E-state index contributed by atoms with van der Waals surface area (Å²) in [5.74, 6) is -0.284. The highest BCUT2D eigenvalue weighted by atomic mass is 16.2. The van der Waals surface area contributed by atoms with Gasteiger partial charge in [-0.25, -0.2) is 0 Å². The number of carbonyl (C=O) groups excluding carboxylic acids is 2. The van der Waals surface area contributed by atoms with E-state index in [-0.39, 0.29) is 35.8 Å². The molecule has 2 amide bonds. The number of para-hydroxylation sites is 1. The number of aromatic nitrogens is 3. The number of H-pyrrole nitrogens is 3. The molecule has 4 aromatic rings. The van der Waals surface area contributed by atoms with Crippen LogP contribution in [0, 0.1) is 6.92 Å². The Morgan fingerprint density at radius 3 is 2.57 bits per heavy atom. The van der Waals surface area contributed by atoms with Crippen molar-refractivity contribution in [3.8, 4) is 0 Å². The minimum atomic E-state index is -0.320. The number of fused-ring (bicyclic) bond motifs is 2. The SMILES string of the molecule is Cc1c(CCC(=O)NCc2ccc(NC(=O)CN3CCc4ccccc43)cc2)c(=O)[nH]c2[nH][nH]c(=O)c12. The second kappa shape index (κ2) is 10.2. The average Bonchev–Trinajstić information content (AvgIpc) is 3.46. The molecule has 0 fully saturated rings. The molecule has 0 aliphatic carbocycles. The molecule has 10 nitrogen and oxygen atoms in total. The van der Waals surface area contributed by atoms with E-state index in [1.807, 2.05) is 42.5 Å². The van der Waals surface area contributed by atoms with Crippen LogP contribution in [0.25, 0.3) is 11.0 Å². The molecule has 0 bridgehead atoms. The van der Waals surface area contributed by atoms with Crippen molar-refractivity contribution in [2.24, 2.45) is 0 Å². The number of benzene rings is 2. The molecule has 1 aliphatic rings. The number of anilines is 2. The van der Waals surface area contributed by atoms with E-state index in [1.54, 1.807) is 6.92 Å². The third kappa shape index (κ3) is 5.18. The number of pyridine rings is 1. The Hall–Kier alpha value is -4.60. The molecule has 0 saturated heterocycles. The normalized spacial score (nSPS) is 12.5. The molecule has 0 unspecified atom stereocenters. The molecule has 0 saturated carbocycles. The smallest absolute Gasteiger partial charge is 0.273 e. The molecular formula is C27H28N6O4. The standard InChI is InChI=1S/C27H28N6O4/c1-16-20(26(36)30-25-24(16)27(37)32-31-25)10-11-22(34)28-14-17-6-8-19(9-7-17)29-23(35)15-33-13-12-18-4-2-3-5-21(18)33/h2-9H,10-15H2,1H3,(H,28,34)(H,29,35)(H3,30,31,32,36,37). The molecule has 0 atom stereocenters. The van der Waals surface area contributed by atoms with E-state index in [1.165, 1.54) is 5.56 Å². The quantitative estimate of drug-likeness (QED) is 0.252. The lowest BCUT2D eigenvalue weighted by Crippen LogP contribution is -2.31. The Bertz CT molecular complexity index is 1580. The van der Waals surface area contributed by atoms with Crippen molar-refractivity contribution in [2.75, 3.05) is 23.3 Å². The van der Waals surface area contributed by atoms with Crippen molar-refractivity contribution in [3.63, 3.8) is 0 Å². The van der Waals surface area contributed by atoms with Gasteiger partial charge < -0.3 is 20.5 Å². The number of aryl methyl sites for hydroxylation is 1. The maximum absolute atomic E-state index is 12.5. The van der Waals surface area contributed by atoms with E-state index in [2.05, 4.69) is 36.8 Å². The van der Waals surface area contributed by atoms with Crippen LogP contribution in [0.4, 0.5) is 11.4 Å². The zero-order valence-electron chi connectivity index (χ0n) is 20.4. The van der Waals surface area contributed by atoms with Crippen LogP contribution in [-0.4, -0.2) is 40.1 Å². The van der Waals surface area contributed by atoms with Crippen molar-refractivity contribution in [1.29, 1.82) is 0 Å². The van der Waals surface area contributed by atoms with E-state index in [0.717, 1.165) is 24.2 Å². The maximum atomic E-state index is 12.5. The number of hydrogen-bond acceptors (Lipinski definition) is 5. The molecule has 5 rings (SSSR count). The Morgan fingerprint density at radius 2 is 1.76 bits per heavy atom. The summed E-state index contributed by atoms with van der Waals surface area (Å²) >= 11 is 0. The third-order valence-electron chi connectivity index (χ3n) is 6.77. The van der Waals surface area contributed by atoms with Gasteiger partial charge >= 0.3 is 0 Å². The molecule has 3 heterocycles. The average molecular weight is 501 g/mol. The lowest BCUT2D eigenvalue weighted by molar-refractivity contribution is -0.121. The number of rotatable bonds is 8. The summed E-state index contributed by atoms with van der Waals surface area (Å²) in [6.07, 6.45) is 1.29. The van der Waals surface area contributed by atoms with Gasteiger partial charge in [0.1, 0.15) is 5.65 Å². The Labute approximate surface area is 212 Å². The second-order valence-electron chi connectivity index (χ2n) is 9.21. The lowest BCUT2D eigenvalue weighted by Gasteiger charge is -2.18. The van der Waals surface area contributed by atoms with Gasteiger partial charge in [0.05, 0.1) is 11.9 Å². The molecular weight excluding hydrogens is 472 g/mol. The first-order valence-electron chi connectivity index (χ1n) is 12.2. The van der Waals surface area contributed by atoms with Crippen molar-refractivity contribution < 1.29 is 9.59 Å². The largest absolute Gasteiger partial charge is 0.362 e. The van der Waals surface area contributed by atoms with Gasteiger partial charge in [0.15, 0.2) is 0 Å². The highest BCUT2D eigenvalue weighted by Crippen LogP contribution is 2.27. The van der Waals surface area contributed by atoms with E-state index < -0.39 is 0 Å². The number of nitrogens with one attached hydrogen (secondary N) is 5. The molecule has 5 N–H and O–H groups in total. The van der Waals surface area contributed by atoms with Crippen LogP contribution in [0.1, 0.15) is 28.7 Å². The first-order chi connectivity index (χ1) is 17.9. The van der Waals surface area contributed by atoms with Crippen LogP contribution in [0.2, 0.25) is 0 Å². The lowest BCUT2D eigenvalue weighted by atomic mass is 10.0. The van der Waals surface area contributed by atoms with Crippen LogP contribution in [0.5, 0.6) is 0 Å². The third-order valence-corrected chi connectivity index (χ3v) is 6.77. The van der Waals surface area contributed by atoms with Crippen LogP contribution in [-0.2, 0) is 29.0 Å². The summed E-state index contributed by atoms with van der Waals surface area (Å²) in [6, 6.07) is 15.5. The van der Waals surface area contributed by atoms with Gasteiger partial charge in [-0.05, 0) is 54.7 Å². The summed E-state index contributed by atoms with van der Waals surface area (Å²) in [7, 11) is 0. The molecule has 10 heteroatoms. The van der Waals surface area contributed by atoms with E-state index in [4.69, 9.17) is 0 Å².